The van der Waals surface area contributed by atoms with Gasteiger partial charge < -0.3 is 5.73 Å². The van der Waals surface area contributed by atoms with Gasteiger partial charge in [0.1, 0.15) is 0 Å². The number of rotatable bonds is 1. The largest absolute Gasteiger partial charge is 0.398 e. The zero-order valence-electron chi connectivity index (χ0n) is 5.84. The number of halogens is 1. The van der Waals surface area contributed by atoms with Gasteiger partial charge in [-0.3, -0.25) is 0 Å². The Balaban J connectivity index is 3.03. The minimum atomic E-state index is 0.499. The van der Waals surface area contributed by atoms with Crippen LogP contribution < -0.4 is 5.73 Å². The molecule has 1 nitrogen and oxygen atoms in total. The van der Waals surface area contributed by atoms with Crippen molar-refractivity contribution in [1.29, 1.82) is 0 Å². The van der Waals surface area contributed by atoms with Gasteiger partial charge in [-0.15, -0.1) is 0 Å². The topological polar surface area (TPSA) is 26.0 Å². The van der Waals surface area contributed by atoms with Crippen LogP contribution in [0.25, 0.3) is 0 Å². The standard InChI is InChI=1S/C8H10IN/c1-6(9)7-4-2-3-5-8(7)10/h2-6H,10H2,1H3. The molecule has 0 radical (unpaired) electrons. The van der Waals surface area contributed by atoms with E-state index in [1.165, 1.54) is 5.56 Å². The van der Waals surface area contributed by atoms with Gasteiger partial charge in [0.05, 0.1) is 0 Å². The summed E-state index contributed by atoms with van der Waals surface area (Å²) in [6.45, 7) is 2.13. The number of alkyl halides is 1. The van der Waals surface area contributed by atoms with Crippen molar-refractivity contribution in [3.63, 3.8) is 0 Å². The second kappa shape index (κ2) is 3.23. The van der Waals surface area contributed by atoms with Gasteiger partial charge in [0, 0.05) is 9.61 Å². The van der Waals surface area contributed by atoms with Gasteiger partial charge in [-0.25, -0.2) is 0 Å². The number of hydrogen-bond acceptors (Lipinski definition) is 1. The molecule has 2 heteroatoms. The molecule has 0 amide bonds. The molecule has 0 spiro atoms. The van der Waals surface area contributed by atoms with Crippen LogP contribution in [0.5, 0.6) is 0 Å². The first kappa shape index (κ1) is 7.85. The van der Waals surface area contributed by atoms with Gasteiger partial charge in [-0.2, -0.15) is 0 Å². The van der Waals surface area contributed by atoms with Crippen LogP contribution in [0.2, 0.25) is 0 Å². The van der Waals surface area contributed by atoms with Crippen LogP contribution in [0.15, 0.2) is 24.3 Å². The number of hydrogen-bond donors (Lipinski definition) is 1. The third-order valence-corrected chi connectivity index (χ3v) is 2.10. The molecule has 10 heavy (non-hydrogen) atoms. The van der Waals surface area contributed by atoms with Crippen LogP contribution in [-0.2, 0) is 0 Å². The minimum Gasteiger partial charge on any atom is -0.398 e. The highest BCUT2D eigenvalue weighted by Gasteiger charge is 2.01. The predicted octanol–water partition coefficient (Wildman–Crippen LogP) is 2.76. The summed E-state index contributed by atoms with van der Waals surface area (Å²) in [5.41, 5.74) is 7.83. The molecular weight excluding hydrogens is 237 g/mol. The van der Waals surface area contributed by atoms with E-state index in [1.807, 2.05) is 18.2 Å². The van der Waals surface area contributed by atoms with E-state index in [2.05, 4.69) is 35.6 Å². The number of benzene rings is 1. The van der Waals surface area contributed by atoms with Crippen molar-refractivity contribution in [2.45, 2.75) is 10.8 Å². The van der Waals surface area contributed by atoms with E-state index in [0.717, 1.165) is 5.69 Å². The number of nitrogen functional groups attached to an aromatic ring is 1. The van der Waals surface area contributed by atoms with Crippen molar-refractivity contribution in [2.24, 2.45) is 0 Å². The molecule has 0 aliphatic heterocycles. The lowest BCUT2D eigenvalue weighted by Crippen LogP contribution is -1.92. The summed E-state index contributed by atoms with van der Waals surface area (Å²) < 4.78 is 0.499. The zero-order valence-corrected chi connectivity index (χ0v) is 8.00. The van der Waals surface area contributed by atoms with Crippen molar-refractivity contribution in [1.82, 2.24) is 0 Å². The van der Waals surface area contributed by atoms with E-state index in [0.29, 0.717) is 3.92 Å². The maximum Gasteiger partial charge on any atom is 0.0357 e. The molecule has 1 aromatic carbocycles. The Kier molecular flexibility index (Phi) is 2.54. The molecule has 1 atom stereocenters. The lowest BCUT2D eigenvalue weighted by molar-refractivity contribution is 1.15. The molecule has 1 unspecified atom stereocenters. The SMILES string of the molecule is CC(I)c1ccccc1N. The summed E-state index contributed by atoms with van der Waals surface area (Å²) in [5.74, 6) is 0. The van der Waals surface area contributed by atoms with Crippen LogP contribution in [0.4, 0.5) is 5.69 Å². The van der Waals surface area contributed by atoms with E-state index < -0.39 is 0 Å². The molecule has 0 saturated heterocycles. The fourth-order valence-electron chi connectivity index (χ4n) is 0.873. The summed E-state index contributed by atoms with van der Waals surface area (Å²) in [5, 5.41) is 0. The fourth-order valence-corrected chi connectivity index (χ4v) is 1.44. The van der Waals surface area contributed by atoms with E-state index in [1.54, 1.807) is 0 Å². The monoisotopic (exact) mass is 247 g/mol. The van der Waals surface area contributed by atoms with Gasteiger partial charge in [0.25, 0.3) is 0 Å². The first-order chi connectivity index (χ1) is 4.72. The quantitative estimate of drug-likeness (QED) is 0.461. The lowest BCUT2D eigenvalue weighted by atomic mass is 10.1. The van der Waals surface area contributed by atoms with E-state index >= 15 is 0 Å². The fraction of sp³-hybridized carbons (Fsp3) is 0.250. The second-order valence-corrected chi connectivity index (χ2v) is 4.11. The molecule has 1 aromatic rings. The van der Waals surface area contributed by atoms with E-state index in [9.17, 15) is 0 Å². The molecule has 0 bridgehead atoms. The molecule has 0 heterocycles. The normalized spacial score (nSPS) is 13.0. The van der Waals surface area contributed by atoms with Gasteiger partial charge in [0.2, 0.25) is 0 Å². The van der Waals surface area contributed by atoms with Crippen molar-refractivity contribution in [3.05, 3.63) is 29.8 Å². The molecule has 0 aromatic heterocycles. The van der Waals surface area contributed by atoms with Crippen LogP contribution in [0.3, 0.4) is 0 Å². The smallest absolute Gasteiger partial charge is 0.0357 e. The highest BCUT2D eigenvalue weighted by Crippen LogP contribution is 2.26. The van der Waals surface area contributed by atoms with Crippen LogP contribution >= 0.6 is 22.6 Å². The summed E-state index contributed by atoms with van der Waals surface area (Å²) >= 11 is 2.35. The molecule has 0 saturated carbocycles. The maximum atomic E-state index is 5.72. The van der Waals surface area contributed by atoms with Gasteiger partial charge in [-0.1, -0.05) is 40.8 Å². The molecule has 0 fully saturated rings. The van der Waals surface area contributed by atoms with Crippen LogP contribution in [-0.4, -0.2) is 0 Å². The summed E-state index contributed by atoms with van der Waals surface area (Å²) in [7, 11) is 0. The average Bonchev–Trinajstić information content (AvgIpc) is 1.88. The van der Waals surface area contributed by atoms with Gasteiger partial charge in [-0.05, 0) is 18.6 Å². The van der Waals surface area contributed by atoms with Crippen molar-refractivity contribution < 1.29 is 0 Å². The van der Waals surface area contributed by atoms with Gasteiger partial charge in [0.15, 0.2) is 0 Å². The summed E-state index contributed by atoms with van der Waals surface area (Å²) in [6.07, 6.45) is 0. The van der Waals surface area contributed by atoms with Crippen molar-refractivity contribution >= 4 is 28.3 Å². The third kappa shape index (κ3) is 1.62. The minimum absolute atomic E-state index is 0.499. The first-order valence-corrected chi connectivity index (χ1v) is 4.45. The Hall–Kier alpha value is -0.250. The highest BCUT2D eigenvalue weighted by atomic mass is 127. The van der Waals surface area contributed by atoms with Crippen molar-refractivity contribution in [2.75, 3.05) is 5.73 Å². The summed E-state index contributed by atoms with van der Waals surface area (Å²) in [4.78, 5) is 0. The Bertz CT molecular complexity index is 220. The van der Waals surface area contributed by atoms with E-state index in [4.69, 9.17) is 5.73 Å². The molecule has 0 aliphatic rings. The van der Waals surface area contributed by atoms with Crippen LogP contribution in [0.1, 0.15) is 16.4 Å². The van der Waals surface area contributed by atoms with Gasteiger partial charge >= 0.3 is 0 Å². The predicted molar refractivity (Wildman–Crippen MR) is 53.3 cm³/mol. The highest BCUT2D eigenvalue weighted by molar-refractivity contribution is 14.1. The molecule has 0 aliphatic carbocycles. The Morgan fingerprint density at radius 3 is 2.40 bits per heavy atom. The second-order valence-electron chi connectivity index (χ2n) is 2.24. The number of nitrogens with two attached hydrogens (primary N) is 1. The maximum absolute atomic E-state index is 5.72. The lowest BCUT2D eigenvalue weighted by Gasteiger charge is -2.05. The van der Waals surface area contributed by atoms with E-state index in [-0.39, 0.29) is 0 Å². The molecular formula is C8H10IN. The summed E-state index contributed by atoms with van der Waals surface area (Å²) in [6, 6.07) is 7.97. The number of para-hydroxylation sites is 1. The molecule has 1 rings (SSSR count). The third-order valence-electron chi connectivity index (χ3n) is 1.42. The van der Waals surface area contributed by atoms with Crippen LogP contribution in [0, 0.1) is 0 Å². The Labute approximate surface area is 74.8 Å². The first-order valence-electron chi connectivity index (χ1n) is 3.20. The molecule has 2 N–H and O–H groups in total. The Morgan fingerprint density at radius 2 is 2.00 bits per heavy atom. The molecule has 54 valence electrons. The van der Waals surface area contributed by atoms with Crippen molar-refractivity contribution in [3.8, 4) is 0 Å². The number of anilines is 1. The zero-order chi connectivity index (χ0) is 7.56. The average molecular weight is 247 g/mol. The Morgan fingerprint density at radius 1 is 1.40 bits per heavy atom.